The van der Waals surface area contributed by atoms with Crippen molar-refractivity contribution in [2.45, 2.75) is 26.8 Å². The minimum atomic E-state index is -0.486. The van der Waals surface area contributed by atoms with Gasteiger partial charge in [-0.25, -0.2) is 4.68 Å². The monoisotopic (exact) mass is 480 g/mol. The van der Waals surface area contributed by atoms with Gasteiger partial charge in [-0.3, -0.25) is 19.9 Å². The maximum Gasteiger partial charge on any atom is 0.272 e. The Labute approximate surface area is 208 Å². The van der Waals surface area contributed by atoms with E-state index in [4.69, 9.17) is 5.26 Å². The van der Waals surface area contributed by atoms with Gasteiger partial charge in [-0.15, -0.1) is 0 Å². The zero-order valence-corrected chi connectivity index (χ0v) is 20.0. The maximum atomic E-state index is 13.8. The van der Waals surface area contributed by atoms with Gasteiger partial charge in [-0.2, -0.15) is 10.4 Å². The molecule has 4 rings (SSSR count). The van der Waals surface area contributed by atoms with Crippen molar-refractivity contribution in [1.29, 1.82) is 5.26 Å². The van der Waals surface area contributed by atoms with E-state index in [1.54, 1.807) is 41.6 Å². The van der Waals surface area contributed by atoms with Crippen LogP contribution in [0.4, 0.5) is 5.69 Å². The summed E-state index contributed by atoms with van der Waals surface area (Å²) in [4.78, 5) is 30.4. The molecule has 2 aromatic carbocycles. The number of aryl methyl sites for hydroxylation is 2. The molecule has 2 aromatic heterocycles. The van der Waals surface area contributed by atoms with Gasteiger partial charge in [-0.1, -0.05) is 24.3 Å². The van der Waals surface area contributed by atoms with Crippen LogP contribution in [0.15, 0.2) is 73.1 Å². The SMILES string of the molecule is Cc1ccc(-c2cc(C(=O)N(CCC#N)Cc3cccnc3)n(-c3cccc([N+](=O)[O-])c3)n2)cc1C. The van der Waals surface area contributed by atoms with E-state index in [0.717, 1.165) is 22.3 Å². The van der Waals surface area contributed by atoms with Crippen LogP contribution in [-0.2, 0) is 6.54 Å². The molecule has 0 bridgehead atoms. The van der Waals surface area contributed by atoms with Crippen molar-refractivity contribution in [1.82, 2.24) is 19.7 Å². The average Bonchev–Trinajstić information content (AvgIpc) is 3.34. The summed E-state index contributed by atoms with van der Waals surface area (Å²) < 4.78 is 1.43. The van der Waals surface area contributed by atoms with Crippen molar-refractivity contribution < 1.29 is 9.72 Å². The van der Waals surface area contributed by atoms with Gasteiger partial charge in [0, 0.05) is 43.2 Å². The zero-order chi connectivity index (χ0) is 25.7. The highest BCUT2D eigenvalue weighted by Gasteiger charge is 2.24. The summed E-state index contributed by atoms with van der Waals surface area (Å²) >= 11 is 0. The summed E-state index contributed by atoms with van der Waals surface area (Å²) in [6, 6.07) is 19.3. The fraction of sp³-hybridized carbons (Fsp3) is 0.185. The standard InChI is InChI=1S/C27H24N6O3/c1-19-9-10-22(14-20(19)2)25-16-26(32(30-25)23-7-3-8-24(15-23)33(35)36)27(34)31(13-5-11-28)18-21-6-4-12-29-17-21/h3-4,6-10,12,14-17H,5,13,18H2,1-2H3. The molecule has 0 radical (unpaired) electrons. The van der Waals surface area contributed by atoms with Crippen LogP contribution in [0.5, 0.6) is 0 Å². The molecule has 1 amide bonds. The first kappa shape index (κ1) is 24.3. The summed E-state index contributed by atoms with van der Waals surface area (Å²) in [5.74, 6) is -0.344. The molecule has 0 atom stereocenters. The third-order valence-corrected chi connectivity index (χ3v) is 5.89. The van der Waals surface area contributed by atoms with E-state index in [1.807, 2.05) is 38.1 Å². The number of nitro benzene ring substituents is 1. The molecule has 0 aliphatic rings. The van der Waals surface area contributed by atoms with Gasteiger partial charge in [0.1, 0.15) is 5.69 Å². The summed E-state index contributed by atoms with van der Waals surface area (Å²) in [6.45, 7) is 4.48. The van der Waals surface area contributed by atoms with Crippen molar-refractivity contribution >= 4 is 11.6 Å². The zero-order valence-electron chi connectivity index (χ0n) is 20.0. The topological polar surface area (TPSA) is 118 Å². The maximum absolute atomic E-state index is 13.8. The lowest BCUT2D eigenvalue weighted by Crippen LogP contribution is -2.33. The number of hydrogen-bond acceptors (Lipinski definition) is 6. The summed E-state index contributed by atoms with van der Waals surface area (Å²) in [5, 5.41) is 25.2. The van der Waals surface area contributed by atoms with E-state index in [1.165, 1.54) is 16.8 Å². The molecule has 0 saturated heterocycles. The van der Waals surface area contributed by atoms with E-state index in [0.29, 0.717) is 11.4 Å². The molecule has 0 spiro atoms. The van der Waals surface area contributed by atoms with Gasteiger partial charge in [0.2, 0.25) is 0 Å². The Balaban J connectivity index is 1.82. The van der Waals surface area contributed by atoms with E-state index in [-0.39, 0.29) is 36.8 Å². The van der Waals surface area contributed by atoms with Crippen molar-refractivity contribution in [2.24, 2.45) is 0 Å². The van der Waals surface area contributed by atoms with Crippen LogP contribution in [0.2, 0.25) is 0 Å². The first-order chi connectivity index (χ1) is 17.4. The first-order valence-electron chi connectivity index (χ1n) is 11.3. The third kappa shape index (κ3) is 5.28. The molecule has 9 nitrogen and oxygen atoms in total. The largest absolute Gasteiger partial charge is 0.332 e. The van der Waals surface area contributed by atoms with Crippen LogP contribution >= 0.6 is 0 Å². The quantitative estimate of drug-likeness (QED) is 0.258. The van der Waals surface area contributed by atoms with Gasteiger partial charge in [0.15, 0.2) is 0 Å². The Morgan fingerprint density at radius 3 is 2.64 bits per heavy atom. The predicted octanol–water partition coefficient (Wildman–Crippen LogP) is 5.02. The van der Waals surface area contributed by atoms with Crippen molar-refractivity contribution in [3.63, 3.8) is 0 Å². The highest BCUT2D eigenvalue weighted by Crippen LogP contribution is 2.26. The highest BCUT2D eigenvalue weighted by atomic mass is 16.6. The van der Waals surface area contributed by atoms with Crippen LogP contribution in [0.25, 0.3) is 16.9 Å². The summed E-state index contributed by atoms with van der Waals surface area (Å²) in [6.07, 6.45) is 3.48. The predicted molar refractivity (Wildman–Crippen MR) is 134 cm³/mol. The minimum Gasteiger partial charge on any atom is -0.332 e. The number of amides is 1. The second-order valence-electron chi connectivity index (χ2n) is 8.40. The number of nitriles is 1. The fourth-order valence-electron chi connectivity index (χ4n) is 3.82. The molecule has 4 aromatic rings. The Morgan fingerprint density at radius 2 is 1.94 bits per heavy atom. The second-order valence-corrected chi connectivity index (χ2v) is 8.40. The fourth-order valence-corrected chi connectivity index (χ4v) is 3.82. The van der Waals surface area contributed by atoms with E-state index >= 15 is 0 Å². The van der Waals surface area contributed by atoms with E-state index in [9.17, 15) is 14.9 Å². The first-order valence-corrected chi connectivity index (χ1v) is 11.3. The summed E-state index contributed by atoms with van der Waals surface area (Å²) in [7, 11) is 0. The lowest BCUT2D eigenvalue weighted by Gasteiger charge is -2.22. The van der Waals surface area contributed by atoms with Gasteiger partial charge in [0.25, 0.3) is 11.6 Å². The number of aromatic nitrogens is 3. The smallest absolute Gasteiger partial charge is 0.272 e. The molecular formula is C27H24N6O3. The number of non-ortho nitro benzene ring substituents is 1. The number of rotatable bonds is 8. The molecule has 0 saturated carbocycles. The lowest BCUT2D eigenvalue weighted by molar-refractivity contribution is -0.384. The van der Waals surface area contributed by atoms with E-state index in [2.05, 4.69) is 16.2 Å². The van der Waals surface area contributed by atoms with Crippen molar-refractivity contribution in [3.8, 4) is 23.0 Å². The number of hydrogen-bond donors (Lipinski definition) is 0. The third-order valence-electron chi connectivity index (χ3n) is 5.89. The van der Waals surface area contributed by atoms with Crippen LogP contribution in [0, 0.1) is 35.3 Å². The number of carbonyl (C=O) groups excluding carboxylic acids is 1. The van der Waals surface area contributed by atoms with Crippen LogP contribution in [0.3, 0.4) is 0 Å². The minimum absolute atomic E-state index is 0.106. The Hall–Kier alpha value is -4.84. The molecule has 0 aliphatic heterocycles. The van der Waals surface area contributed by atoms with Crippen molar-refractivity contribution in [2.75, 3.05) is 6.54 Å². The van der Waals surface area contributed by atoms with Gasteiger partial charge in [0.05, 0.1) is 28.8 Å². The molecule has 0 aliphatic carbocycles. The number of benzene rings is 2. The van der Waals surface area contributed by atoms with E-state index < -0.39 is 4.92 Å². The Bertz CT molecular complexity index is 1460. The van der Waals surface area contributed by atoms with Crippen LogP contribution in [0.1, 0.15) is 33.6 Å². The molecule has 0 fully saturated rings. The number of nitrogens with zero attached hydrogens (tertiary/aromatic N) is 6. The van der Waals surface area contributed by atoms with Crippen LogP contribution in [-0.4, -0.2) is 37.0 Å². The number of nitro groups is 1. The molecule has 36 heavy (non-hydrogen) atoms. The van der Waals surface area contributed by atoms with Gasteiger partial charge >= 0.3 is 0 Å². The molecule has 180 valence electrons. The average molecular weight is 481 g/mol. The molecule has 9 heteroatoms. The number of carbonyl (C=O) groups is 1. The highest BCUT2D eigenvalue weighted by molar-refractivity contribution is 5.94. The molecular weight excluding hydrogens is 456 g/mol. The number of pyridine rings is 1. The Kier molecular flexibility index (Phi) is 7.16. The second kappa shape index (κ2) is 10.6. The molecule has 0 unspecified atom stereocenters. The molecule has 2 heterocycles. The Morgan fingerprint density at radius 1 is 1.11 bits per heavy atom. The van der Waals surface area contributed by atoms with Gasteiger partial charge < -0.3 is 4.90 Å². The van der Waals surface area contributed by atoms with Crippen molar-refractivity contribution in [3.05, 3.63) is 106 Å². The normalized spacial score (nSPS) is 10.6. The van der Waals surface area contributed by atoms with Gasteiger partial charge in [-0.05, 0) is 54.8 Å². The summed E-state index contributed by atoms with van der Waals surface area (Å²) in [5.41, 5.74) is 4.95. The lowest BCUT2D eigenvalue weighted by atomic mass is 10.0. The van der Waals surface area contributed by atoms with Crippen LogP contribution < -0.4 is 0 Å². The molecule has 0 N–H and O–H groups in total.